The van der Waals surface area contributed by atoms with Crippen molar-refractivity contribution in [2.45, 2.75) is 13.0 Å². The molecule has 0 fully saturated rings. The van der Waals surface area contributed by atoms with Gasteiger partial charge in [-0.05, 0) is 41.5 Å². The van der Waals surface area contributed by atoms with E-state index < -0.39 is 0 Å². The SMILES string of the molecule is O=C(Cc1ccccc1)Nc1ccc(N2Cc3ccccc3C2=O)cc1. The third-order valence-corrected chi connectivity index (χ3v) is 4.49. The highest BCUT2D eigenvalue weighted by molar-refractivity contribution is 6.10. The minimum absolute atomic E-state index is 0.0152. The topological polar surface area (TPSA) is 49.4 Å². The second-order valence-electron chi connectivity index (χ2n) is 6.31. The first-order chi connectivity index (χ1) is 12.7. The minimum atomic E-state index is -0.0615. The van der Waals surface area contributed by atoms with Gasteiger partial charge < -0.3 is 10.2 Å². The predicted octanol–water partition coefficient (Wildman–Crippen LogP) is 4.03. The van der Waals surface area contributed by atoms with Crippen LogP contribution in [-0.4, -0.2) is 11.8 Å². The molecule has 0 aromatic heterocycles. The Morgan fingerprint density at radius 2 is 1.58 bits per heavy atom. The van der Waals surface area contributed by atoms with E-state index in [-0.39, 0.29) is 11.8 Å². The van der Waals surface area contributed by atoms with E-state index in [0.29, 0.717) is 13.0 Å². The van der Waals surface area contributed by atoms with Crippen molar-refractivity contribution in [3.8, 4) is 0 Å². The van der Waals surface area contributed by atoms with Crippen LogP contribution in [0.1, 0.15) is 21.5 Å². The van der Waals surface area contributed by atoms with Gasteiger partial charge in [0.05, 0.1) is 13.0 Å². The molecule has 1 aliphatic heterocycles. The smallest absolute Gasteiger partial charge is 0.258 e. The quantitative estimate of drug-likeness (QED) is 0.778. The summed E-state index contributed by atoms with van der Waals surface area (Å²) < 4.78 is 0. The van der Waals surface area contributed by atoms with Gasteiger partial charge in [0.15, 0.2) is 0 Å². The lowest BCUT2D eigenvalue weighted by Crippen LogP contribution is -2.23. The molecule has 0 atom stereocenters. The van der Waals surface area contributed by atoms with E-state index >= 15 is 0 Å². The number of amides is 2. The maximum absolute atomic E-state index is 12.5. The predicted molar refractivity (Wildman–Crippen MR) is 102 cm³/mol. The molecule has 0 aliphatic carbocycles. The number of rotatable bonds is 4. The lowest BCUT2D eigenvalue weighted by Gasteiger charge is -2.16. The van der Waals surface area contributed by atoms with E-state index in [1.165, 1.54) is 0 Å². The number of benzene rings is 3. The molecule has 3 aromatic rings. The molecule has 0 saturated carbocycles. The van der Waals surface area contributed by atoms with Gasteiger partial charge in [0.25, 0.3) is 5.91 Å². The first kappa shape index (κ1) is 16.1. The summed E-state index contributed by atoms with van der Waals surface area (Å²) in [4.78, 5) is 26.4. The van der Waals surface area contributed by atoms with Crippen LogP contribution in [0.3, 0.4) is 0 Å². The van der Waals surface area contributed by atoms with Crippen LogP contribution in [0.4, 0.5) is 11.4 Å². The van der Waals surface area contributed by atoms with Crippen LogP contribution in [0.2, 0.25) is 0 Å². The molecule has 0 saturated heterocycles. The Kier molecular flexibility index (Phi) is 4.23. The van der Waals surface area contributed by atoms with E-state index in [1.54, 1.807) is 4.90 Å². The molecule has 1 heterocycles. The Morgan fingerprint density at radius 3 is 2.31 bits per heavy atom. The molecular formula is C22H18N2O2. The highest BCUT2D eigenvalue weighted by Gasteiger charge is 2.27. The highest BCUT2D eigenvalue weighted by Crippen LogP contribution is 2.28. The zero-order valence-corrected chi connectivity index (χ0v) is 14.2. The van der Waals surface area contributed by atoms with Crippen molar-refractivity contribution in [3.63, 3.8) is 0 Å². The van der Waals surface area contributed by atoms with E-state index in [9.17, 15) is 9.59 Å². The van der Waals surface area contributed by atoms with Crippen molar-refractivity contribution in [3.05, 3.63) is 95.6 Å². The van der Waals surface area contributed by atoms with Crippen LogP contribution in [0.15, 0.2) is 78.9 Å². The Bertz CT molecular complexity index is 949. The summed E-state index contributed by atoms with van der Waals surface area (Å²) >= 11 is 0. The van der Waals surface area contributed by atoms with Gasteiger partial charge in [0, 0.05) is 16.9 Å². The maximum Gasteiger partial charge on any atom is 0.258 e. The van der Waals surface area contributed by atoms with Crippen molar-refractivity contribution in [2.75, 3.05) is 10.2 Å². The fourth-order valence-corrected chi connectivity index (χ4v) is 3.17. The maximum atomic E-state index is 12.5. The Morgan fingerprint density at radius 1 is 0.885 bits per heavy atom. The van der Waals surface area contributed by atoms with Gasteiger partial charge in [0.2, 0.25) is 5.91 Å². The normalized spacial score (nSPS) is 12.8. The third kappa shape index (κ3) is 3.22. The standard InChI is InChI=1S/C22H18N2O2/c25-21(14-16-6-2-1-3-7-16)23-18-10-12-19(13-11-18)24-15-17-8-4-5-9-20(17)22(24)26/h1-13H,14-15H2,(H,23,25). The average Bonchev–Trinajstić information content (AvgIpc) is 3.00. The van der Waals surface area contributed by atoms with Crippen LogP contribution in [-0.2, 0) is 17.8 Å². The van der Waals surface area contributed by atoms with Crippen molar-refractivity contribution >= 4 is 23.2 Å². The summed E-state index contributed by atoms with van der Waals surface area (Å²) in [6.07, 6.45) is 0.336. The molecule has 26 heavy (non-hydrogen) atoms. The Balaban J connectivity index is 1.43. The number of fused-ring (bicyclic) bond motifs is 1. The number of carbonyl (C=O) groups is 2. The van der Waals surface area contributed by atoms with Crippen molar-refractivity contribution in [1.29, 1.82) is 0 Å². The molecule has 0 radical (unpaired) electrons. The fourth-order valence-electron chi connectivity index (χ4n) is 3.17. The van der Waals surface area contributed by atoms with Gasteiger partial charge in [-0.2, -0.15) is 0 Å². The van der Waals surface area contributed by atoms with Crippen LogP contribution >= 0.6 is 0 Å². The molecule has 128 valence electrons. The van der Waals surface area contributed by atoms with Gasteiger partial charge in [-0.1, -0.05) is 48.5 Å². The van der Waals surface area contributed by atoms with Crippen LogP contribution in [0, 0.1) is 0 Å². The van der Waals surface area contributed by atoms with E-state index in [4.69, 9.17) is 0 Å². The first-order valence-electron chi connectivity index (χ1n) is 8.54. The molecular weight excluding hydrogens is 324 g/mol. The van der Waals surface area contributed by atoms with Gasteiger partial charge in [-0.25, -0.2) is 0 Å². The van der Waals surface area contributed by atoms with Gasteiger partial charge in [-0.15, -0.1) is 0 Å². The molecule has 4 rings (SSSR count). The lowest BCUT2D eigenvalue weighted by molar-refractivity contribution is -0.115. The molecule has 2 amide bonds. The van der Waals surface area contributed by atoms with Gasteiger partial charge >= 0.3 is 0 Å². The second kappa shape index (κ2) is 6.84. The minimum Gasteiger partial charge on any atom is -0.326 e. The molecule has 0 spiro atoms. The van der Waals surface area contributed by atoms with Gasteiger partial charge in [-0.3, -0.25) is 9.59 Å². The second-order valence-corrected chi connectivity index (χ2v) is 6.31. The zero-order chi connectivity index (χ0) is 17.9. The summed E-state index contributed by atoms with van der Waals surface area (Å²) in [5.74, 6) is -0.0462. The number of nitrogens with zero attached hydrogens (tertiary/aromatic N) is 1. The summed E-state index contributed by atoms with van der Waals surface area (Å²) in [5, 5.41) is 2.89. The number of anilines is 2. The summed E-state index contributed by atoms with van der Waals surface area (Å²) in [7, 11) is 0. The lowest BCUT2D eigenvalue weighted by atomic mass is 10.1. The zero-order valence-electron chi connectivity index (χ0n) is 14.2. The first-order valence-corrected chi connectivity index (χ1v) is 8.54. The van der Waals surface area contributed by atoms with E-state index in [0.717, 1.165) is 28.1 Å². The number of carbonyl (C=O) groups excluding carboxylic acids is 2. The number of hydrogen-bond acceptors (Lipinski definition) is 2. The Hall–Kier alpha value is -3.40. The fraction of sp³-hybridized carbons (Fsp3) is 0.0909. The molecule has 0 bridgehead atoms. The Labute approximate surface area is 152 Å². The van der Waals surface area contributed by atoms with Crippen LogP contribution in [0.25, 0.3) is 0 Å². The van der Waals surface area contributed by atoms with Crippen LogP contribution in [0.5, 0.6) is 0 Å². The third-order valence-electron chi connectivity index (χ3n) is 4.49. The summed E-state index contributed by atoms with van der Waals surface area (Å²) in [5.41, 5.74) is 4.32. The molecule has 4 nitrogen and oxygen atoms in total. The van der Waals surface area contributed by atoms with Crippen molar-refractivity contribution in [2.24, 2.45) is 0 Å². The largest absolute Gasteiger partial charge is 0.326 e. The molecule has 1 N–H and O–H groups in total. The summed E-state index contributed by atoms with van der Waals surface area (Å²) in [6, 6.07) is 24.7. The van der Waals surface area contributed by atoms with Gasteiger partial charge in [0.1, 0.15) is 0 Å². The molecule has 0 unspecified atom stereocenters. The van der Waals surface area contributed by atoms with E-state index in [1.807, 2.05) is 78.9 Å². The molecule has 3 aromatic carbocycles. The van der Waals surface area contributed by atoms with Crippen molar-refractivity contribution < 1.29 is 9.59 Å². The average molecular weight is 342 g/mol. The summed E-state index contributed by atoms with van der Waals surface area (Å²) in [6.45, 7) is 0.578. The number of nitrogens with one attached hydrogen (secondary N) is 1. The molecule has 4 heteroatoms. The molecule has 1 aliphatic rings. The number of hydrogen-bond donors (Lipinski definition) is 1. The van der Waals surface area contributed by atoms with E-state index in [2.05, 4.69) is 5.32 Å². The van der Waals surface area contributed by atoms with Crippen LogP contribution < -0.4 is 10.2 Å². The van der Waals surface area contributed by atoms with Crippen molar-refractivity contribution in [1.82, 2.24) is 0 Å². The highest BCUT2D eigenvalue weighted by atomic mass is 16.2. The monoisotopic (exact) mass is 342 g/mol.